The van der Waals surface area contributed by atoms with Gasteiger partial charge in [0.2, 0.25) is 0 Å². The first-order valence-corrected chi connectivity index (χ1v) is 9.29. The second-order valence-corrected chi connectivity index (χ2v) is 6.62. The first-order chi connectivity index (χ1) is 10.8. The normalized spacial score (nSPS) is 22.8. The van der Waals surface area contributed by atoms with Gasteiger partial charge in [0.15, 0.2) is 5.96 Å². The minimum atomic E-state index is 0.776. The summed E-state index contributed by atoms with van der Waals surface area (Å²) in [6, 6.07) is 0. The van der Waals surface area contributed by atoms with Gasteiger partial charge in [0.05, 0.1) is 0 Å². The van der Waals surface area contributed by atoms with Crippen LogP contribution in [-0.2, 0) is 0 Å². The fourth-order valence-corrected chi connectivity index (χ4v) is 3.37. The van der Waals surface area contributed by atoms with Gasteiger partial charge in [0, 0.05) is 45.8 Å². The molecule has 0 aromatic carbocycles. The second-order valence-electron chi connectivity index (χ2n) is 6.62. The SMILES string of the molecule is CCN1CCN(CCCCN=C(N)N2CCCCCC2)CC1. The van der Waals surface area contributed by atoms with E-state index in [-0.39, 0.29) is 0 Å². The van der Waals surface area contributed by atoms with Gasteiger partial charge in [-0.1, -0.05) is 19.8 Å². The smallest absolute Gasteiger partial charge is 0.191 e. The summed E-state index contributed by atoms with van der Waals surface area (Å²) in [6.45, 7) is 12.7. The lowest BCUT2D eigenvalue weighted by atomic mass is 10.2. The molecule has 0 radical (unpaired) electrons. The first kappa shape index (κ1) is 17.5. The third kappa shape index (κ3) is 6.13. The Bertz CT molecular complexity index is 315. The summed E-state index contributed by atoms with van der Waals surface area (Å²) in [5, 5.41) is 0. The van der Waals surface area contributed by atoms with Crippen LogP contribution >= 0.6 is 0 Å². The number of guanidine groups is 1. The molecule has 128 valence electrons. The van der Waals surface area contributed by atoms with Gasteiger partial charge in [0.25, 0.3) is 0 Å². The van der Waals surface area contributed by atoms with Gasteiger partial charge < -0.3 is 20.4 Å². The predicted molar refractivity (Wildman–Crippen MR) is 94.3 cm³/mol. The Hall–Kier alpha value is -0.810. The standard InChI is InChI=1S/C17H35N5/c1-2-20-13-15-21(16-14-20)10-8-5-9-19-17(18)22-11-6-3-4-7-12-22/h2-16H2,1H3,(H2,18,19). The second kappa shape index (κ2) is 10.1. The highest BCUT2D eigenvalue weighted by Crippen LogP contribution is 2.09. The van der Waals surface area contributed by atoms with E-state index in [4.69, 9.17) is 5.73 Å². The molecule has 0 spiro atoms. The molecule has 5 heteroatoms. The molecule has 0 aromatic heterocycles. The lowest BCUT2D eigenvalue weighted by Crippen LogP contribution is -2.46. The molecule has 0 saturated carbocycles. The zero-order valence-electron chi connectivity index (χ0n) is 14.5. The Morgan fingerprint density at radius 2 is 1.50 bits per heavy atom. The van der Waals surface area contributed by atoms with E-state index < -0.39 is 0 Å². The minimum absolute atomic E-state index is 0.776. The van der Waals surface area contributed by atoms with E-state index in [0.29, 0.717) is 0 Å². The number of nitrogens with two attached hydrogens (primary N) is 1. The molecule has 0 unspecified atom stereocenters. The Morgan fingerprint density at radius 1 is 0.864 bits per heavy atom. The molecule has 0 aliphatic carbocycles. The first-order valence-electron chi connectivity index (χ1n) is 9.29. The third-order valence-corrected chi connectivity index (χ3v) is 5.00. The van der Waals surface area contributed by atoms with Gasteiger partial charge in [-0.3, -0.25) is 4.99 Å². The van der Waals surface area contributed by atoms with Crippen LogP contribution in [0.5, 0.6) is 0 Å². The van der Waals surface area contributed by atoms with Crippen molar-refractivity contribution in [1.29, 1.82) is 0 Å². The third-order valence-electron chi connectivity index (χ3n) is 5.00. The summed E-state index contributed by atoms with van der Waals surface area (Å²) in [5.41, 5.74) is 6.13. The van der Waals surface area contributed by atoms with Crippen molar-refractivity contribution in [2.24, 2.45) is 10.7 Å². The molecule has 2 aliphatic rings. The van der Waals surface area contributed by atoms with Crippen LogP contribution in [0.15, 0.2) is 4.99 Å². The van der Waals surface area contributed by atoms with Crippen LogP contribution in [-0.4, -0.2) is 79.6 Å². The molecule has 2 aliphatic heterocycles. The van der Waals surface area contributed by atoms with Crippen LogP contribution in [0.2, 0.25) is 0 Å². The topological polar surface area (TPSA) is 48.1 Å². The zero-order chi connectivity index (χ0) is 15.6. The number of nitrogens with zero attached hydrogens (tertiary/aromatic N) is 4. The number of piperazine rings is 1. The number of hydrogen-bond donors (Lipinski definition) is 1. The average molecular weight is 310 g/mol. The van der Waals surface area contributed by atoms with E-state index in [1.807, 2.05) is 0 Å². The average Bonchev–Trinajstić information content (AvgIpc) is 2.84. The molecular weight excluding hydrogens is 274 g/mol. The van der Waals surface area contributed by atoms with E-state index in [9.17, 15) is 0 Å². The highest BCUT2D eigenvalue weighted by atomic mass is 15.3. The fraction of sp³-hybridized carbons (Fsp3) is 0.941. The number of rotatable bonds is 6. The van der Waals surface area contributed by atoms with E-state index in [1.54, 1.807) is 0 Å². The summed E-state index contributed by atoms with van der Waals surface area (Å²) in [7, 11) is 0. The maximum Gasteiger partial charge on any atom is 0.191 e. The highest BCUT2D eigenvalue weighted by Gasteiger charge is 2.14. The molecular formula is C17H35N5. The van der Waals surface area contributed by atoms with Crippen LogP contribution in [0.4, 0.5) is 0 Å². The zero-order valence-corrected chi connectivity index (χ0v) is 14.5. The van der Waals surface area contributed by atoms with Crippen molar-refractivity contribution in [3.63, 3.8) is 0 Å². The van der Waals surface area contributed by atoms with Crippen LogP contribution in [0.1, 0.15) is 45.4 Å². The van der Waals surface area contributed by atoms with Crippen LogP contribution in [0.25, 0.3) is 0 Å². The summed E-state index contributed by atoms with van der Waals surface area (Å²) < 4.78 is 0. The van der Waals surface area contributed by atoms with E-state index in [1.165, 1.54) is 71.4 Å². The molecule has 2 N–H and O–H groups in total. The largest absolute Gasteiger partial charge is 0.370 e. The molecule has 2 saturated heterocycles. The molecule has 0 amide bonds. The Kier molecular flexibility index (Phi) is 8.02. The molecule has 22 heavy (non-hydrogen) atoms. The van der Waals surface area contributed by atoms with Gasteiger partial charge in [-0.2, -0.15) is 0 Å². The molecule has 0 bridgehead atoms. The Labute approximate surface area is 136 Å². The van der Waals surface area contributed by atoms with Gasteiger partial charge in [0.1, 0.15) is 0 Å². The van der Waals surface area contributed by atoms with Gasteiger partial charge in [-0.25, -0.2) is 0 Å². The summed E-state index contributed by atoms with van der Waals surface area (Å²) in [4.78, 5) is 12.0. The number of likely N-dealkylation sites (tertiary alicyclic amines) is 1. The molecule has 5 nitrogen and oxygen atoms in total. The van der Waals surface area contributed by atoms with Crippen molar-refractivity contribution in [2.75, 3.05) is 58.9 Å². The van der Waals surface area contributed by atoms with Crippen molar-refractivity contribution >= 4 is 5.96 Å². The lowest BCUT2D eigenvalue weighted by molar-refractivity contribution is 0.136. The summed E-state index contributed by atoms with van der Waals surface area (Å²) >= 11 is 0. The highest BCUT2D eigenvalue weighted by molar-refractivity contribution is 5.78. The number of aliphatic imine (C=N–C) groups is 1. The quantitative estimate of drug-likeness (QED) is 0.460. The molecule has 2 heterocycles. The summed E-state index contributed by atoms with van der Waals surface area (Å²) in [6.07, 6.45) is 7.61. The van der Waals surface area contributed by atoms with Crippen LogP contribution in [0, 0.1) is 0 Å². The molecule has 0 aromatic rings. The minimum Gasteiger partial charge on any atom is -0.370 e. The predicted octanol–water partition coefficient (Wildman–Crippen LogP) is 1.59. The van der Waals surface area contributed by atoms with Crippen molar-refractivity contribution in [3.8, 4) is 0 Å². The number of likely N-dealkylation sites (N-methyl/N-ethyl adjacent to an activating group) is 1. The lowest BCUT2D eigenvalue weighted by Gasteiger charge is -2.33. The number of unbranched alkanes of at least 4 members (excludes halogenated alkanes) is 1. The van der Waals surface area contributed by atoms with Crippen molar-refractivity contribution in [3.05, 3.63) is 0 Å². The van der Waals surface area contributed by atoms with Crippen molar-refractivity contribution in [2.45, 2.75) is 45.4 Å². The van der Waals surface area contributed by atoms with E-state index >= 15 is 0 Å². The van der Waals surface area contributed by atoms with Crippen LogP contribution in [0.3, 0.4) is 0 Å². The fourth-order valence-electron chi connectivity index (χ4n) is 3.37. The monoisotopic (exact) mass is 309 g/mol. The van der Waals surface area contributed by atoms with E-state index in [2.05, 4.69) is 26.6 Å². The molecule has 0 atom stereocenters. The number of hydrogen-bond acceptors (Lipinski definition) is 3. The van der Waals surface area contributed by atoms with E-state index in [0.717, 1.165) is 32.0 Å². The Morgan fingerprint density at radius 3 is 2.14 bits per heavy atom. The maximum atomic E-state index is 6.13. The van der Waals surface area contributed by atoms with Crippen molar-refractivity contribution < 1.29 is 0 Å². The van der Waals surface area contributed by atoms with Gasteiger partial charge in [-0.05, 0) is 38.8 Å². The van der Waals surface area contributed by atoms with Gasteiger partial charge in [-0.15, -0.1) is 0 Å². The van der Waals surface area contributed by atoms with Crippen LogP contribution < -0.4 is 5.73 Å². The molecule has 2 rings (SSSR count). The van der Waals surface area contributed by atoms with Crippen molar-refractivity contribution in [1.82, 2.24) is 14.7 Å². The molecule has 2 fully saturated rings. The van der Waals surface area contributed by atoms with Gasteiger partial charge >= 0.3 is 0 Å². The Balaban J connectivity index is 1.55. The summed E-state index contributed by atoms with van der Waals surface area (Å²) in [5.74, 6) is 0.776. The maximum absolute atomic E-state index is 6.13.